The molecule has 1 N–H and O–H groups in total. The number of rotatable bonds is 6. The summed E-state index contributed by atoms with van der Waals surface area (Å²) in [5.41, 5.74) is 0.522. The molecule has 104 valence electrons. The molecule has 9 heteroatoms. The molecule has 0 aliphatic rings. The van der Waals surface area contributed by atoms with Crippen molar-refractivity contribution in [3.05, 3.63) is 24.0 Å². The summed E-state index contributed by atoms with van der Waals surface area (Å²) in [4.78, 5) is 14.8. The summed E-state index contributed by atoms with van der Waals surface area (Å²) in [5, 5.41) is 0. The molecule has 1 heterocycles. The van der Waals surface area contributed by atoms with Gasteiger partial charge in [-0.2, -0.15) is 0 Å². The van der Waals surface area contributed by atoms with E-state index in [0.717, 1.165) is 0 Å². The number of carbonyl (C=O) groups excluding carboxylic acids is 1. The van der Waals surface area contributed by atoms with Gasteiger partial charge in [0.25, 0.3) is 0 Å². The van der Waals surface area contributed by atoms with Crippen molar-refractivity contribution < 1.29 is 22.6 Å². The normalized spacial score (nSPS) is 10.8. The molecule has 19 heavy (non-hydrogen) atoms. The summed E-state index contributed by atoms with van der Waals surface area (Å²) < 4.78 is 35.1. The quantitative estimate of drug-likeness (QED) is 0.588. The van der Waals surface area contributed by atoms with E-state index in [4.69, 9.17) is 4.74 Å². The van der Waals surface area contributed by atoms with Gasteiger partial charge in [-0.1, -0.05) is 0 Å². The molecular weight excluding hydrogens is 271 g/mol. The molecule has 0 aliphatic carbocycles. The Hall–Kier alpha value is -1.61. The predicted molar refractivity (Wildman–Crippen MR) is 69.6 cm³/mol. The predicted octanol–water partition coefficient (Wildman–Crippen LogP) is 0.0850. The lowest BCUT2D eigenvalue weighted by Crippen LogP contribution is -2.21. The van der Waals surface area contributed by atoms with E-state index in [1.807, 2.05) is 0 Å². The second-order valence-electron chi connectivity index (χ2n) is 3.47. The van der Waals surface area contributed by atoms with E-state index in [1.165, 1.54) is 19.4 Å². The summed E-state index contributed by atoms with van der Waals surface area (Å²) in [6.07, 6.45) is 2.23. The molecule has 1 rings (SSSR count). The zero-order chi connectivity index (χ0) is 14.3. The van der Waals surface area contributed by atoms with E-state index < -0.39 is 16.2 Å². The van der Waals surface area contributed by atoms with Gasteiger partial charge in [0.15, 0.2) is 0 Å². The largest absolute Gasteiger partial charge is 0.510 e. The molecule has 7 nitrogen and oxygen atoms in total. The van der Waals surface area contributed by atoms with Gasteiger partial charge in [0.2, 0.25) is 10.0 Å². The van der Waals surface area contributed by atoms with Crippen LogP contribution in [-0.2, 0) is 25.8 Å². The van der Waals surface area contributed by atoms with Crippen molar-refractivity contribution in [3.63, 3.8) is 0 Å². The smallest absolute Gasteiger partial charge is 0.489 e. The summed E-state index contributed by atoms with van der Waals surface area (Å²) in [7, 11) is -2.02. The Morgan fingerprint density at radius 3 is 2.89 bits per heavy atom. The average molecular weight is 286 g/mol. The summed E-state index contributed by atoms with van der Waals surface area (Å²) in [5.74, 6) is 0. The maximum atomic E-state index is 11.7. The Kier molecular flexibility index (Phi) is 5.77. The van der Waals surface area contributed by atoms with Crippen LogP contribution in [0.5, 0.6) is 0 Å². The number of sulfonamides is 1. The van der Waals surface area contributed by atoms with Gasteiger partial charge in [0, 0.05) is 18.8 Å². The highest BCUT2D eigenvalue weighted by atomic mass is 32.2. The first-order chi connectivity index (χ1) is 9.01. The highest BCUT2D eigenvalue weighted by Crippen LogP contribution is 2.14. The van der Waals surface area contributed by atoms with E-state index in [-0.39, 0.29) is 25.4 Å². The highest BCUT2D eigenvalue weighted by Gasteiger charge is 2.16. The lowest BCUT2D eigenvalue weighted by Gasteiger charge is -2.09. The third-order valence-electron chi connectivity index (χ3n) is 2.28. The van der Waals surface area contributed by atoms with Gasteiger partial charge < -0.3 is 9.39 Å². The Labute approximate surface area is 112 Å². The number of carbonyl (C=O) groups is 1. The van der Waals surface area contributed by atoms with Gasteiger partial charge in [-0.25, -0.2) is 17.9 Å². The molecule has 0 spiro atoms. The monoisotopic (exact) mass is 286 g/mol. The average Bonchev–Trinajstić information content (AvgIpc) is 2.39. The molecule has 0 saturated heterocycles. The van der Waals surface area contributed by atoms with Crippen LogP contribution in [0.25, 0.3) is 0 Å². The van der Waals surface area contributed by atoms with Crippen molar-refractivity contribution in [1.82, 2.24) is 9.71 Å². The lowest BCUT2D eigenvalue weighted by atomic mass is 10.1. The first kappa shape index (κ1) is 15.5. The van der Waals surface area contributed by atoms with Crippen LogP contribution in [0.4, 0.5) is 4.79 Å². The van der Waals surface area contributed by atoms with Gasteiger partial charge in [0.1, 0.15) is 4.90 Å². The standard InChI is InChI=1S/C10H15BN2O5S/c1-11-18-10(14)17-6-4-8-3-5-13-7-9(8)19(15,16)12-2/h3,5,7,11-12H,4,6H2,1-2H3. The lowest BCUT2D eigenvalue weighted by molar-refractivity contribution is 0.102. The number of hydrogen-bond donors (Lipinski definition) is 1. The molecule has 0 bridgehead atoms. The molecule has 0 aliphatic heterocycles. The number of ether oxygens (including phenoxy) is 1. The minimum Gasteiger partial charge on any atom is -0.510 e. The van der Waals surface area contributed by atoms with Gasteiger partial charge in [-0.15, -0.1) is 0 Å². The van der Waals surface area contributed by atoms with Crippen molar-refractivity contribution in [2.45, 2.75) is 18.1 Å². The molecule has 1 aromatic heterocycles. The van der Waals surface area contributed by atoms with Crippen molar-refractivity contribution >= 4 is 23.7 Å². The number of pyridine rings is 1. The molecular formula is C10H15BN2O5S. The zero-order valence-corrected chi connectivity index (χ0v) is 11.6. The molecule has 0 unspecified atom stereocenters. The van der Waals surface area contributed by atoms with E-state index in [1.54, 1.807) is 12.9 Å². The fourth-order valence-corrected chi connectivity index (χ4v) is 2.31. The van der Waals surface area contributed by atoms with Gasteiger partial charge in [0.05, 0.1) is 6.61 Å². The zero-order valence-electron chi connectivity index (χ0n) is 10.8. The first-order valence-corrected chi connectivity index (χ1v) is 7.15. The van der Waals surface area contributed by atoms with Crippen LogP contribution in [0.2, 0.25) is 6.82 Å². The molecule has 0 aromatic carbocycles. The SMILES string of the molecule is CBOC(=O)OCCc1ccncc1S(=O)(=O)NC. The topological polar surface area (TPSA) is 94.6 Å². The second kappa shape index (κ2) is 7.10. The van der Waals surface area contributed by atoms with Gasteiger partial charge in [-0.3, -0.25) is 4.98 Å². The Morgan fingerprint density at radius 2 is 2.26 bits per heavy atom. The van der Waals surface area contributed by atoms with Crippen LogP contribution >= 0.6 is 0 Å². The summed E-state index contributed by atoms with van der Waals surface area (Å²) in [6.45, 7) is 1.71. The number of nitrogens with zero attached hydrogens (tertiary/aromatic N) is 1. The number of aromatic nitrogens is 1. The van der Waals surface area contributed by atoms with Crippen LogP contribution in [-0.4, -0.2) is 40.7 Å². The molecule has 0 radical (unpaired) electrons. The van der Waals surface area contributed by atoms with Crippen molar-refractivity contribution in [1.29, 1.82) is 0 Å². The Balaban J connectivity index is 2.72. The van der Waals surface area contributed by atoms with Crippen molar-refractivity contribution in [2.24, 2.45) is 0 Å². The molecule has 0 saturated carbocycles. The van der Waals surface area contributed by atoms with E-state index >= 15 is 0 Å². The number of hydrogen-bond acceptors (Lipinski definition) is 6. The molecule has 0 fully saturated rings. The third-order valence-corrected chi connectivity index (χ3v) is 3.77. The molecule has 0 atom stereocenters. The van der Waals surface area contributed by atoms with Crippen LogP contribution in [0.1, 0.15) is 5.56 Å². The van der Waals surface area contributed by atoms with Crippen LogP contribution in [0.3, 0.4) is 0 Å². The van der Waals surface area contributed by atoms with E-state index in [9.17, 15) is 13.2 Å². The minimum absolute atomic E-state index is 0.0368. The Bertz CT molecular complexity index is 534. The van der Waals surface area contributed by atoms with Crippen molar-refractivity contribution in [3.8, 4) is 0 Å². The Morgan fingerprint density at radius 1 is 1.53 bits per heavy atom. The second-order valence-corrected chi connectivity index (χ2v) is 5.33. The van der Waals surface area contributed by atoms with Crippen LogP contribution < -0.4 is 4.72 Å². The maximum absolute atomic E-state index is 11.7. The van der Waals surface area contributed by atoms with E-state index in [0.29, 0.717) is 5.56 Å². The minimum atomic E-state index is -3.57. The highest BCUT2D eigenvalue weighted by molar-refractivity contribution is 7.89. The van der Waals surface area contributed by atoms with Gasteiger partial charge in [-0.05, 0) is 25.5 Å². The maximum Gasteiger partial charge on any atom is 0.489 e. The van der Waals surface area contributed by atoms with Crippen LogP contribution in [0.15, 0.2) is 23.4 Å². The first-order valence-electron chi connectivity index (χ1n) is 5.67. The number of nitrogens with one attached hydrogen (secondary N) is 1. The summed E-state index contributed by atoms with van der Waals surface area (Å²) in [6, 6.07) is 1.57. The summed E-state index contributed by atoms with van der Waals surface area (Å²) >= 11 is 0. The fourth-order valence-electron chi connectivity index (χ4n) is 1.37. The van der Waals surface area contributed by atoms with E-state index in [2.05, 4.69) is 14.4 Å². The molecule has 0 amide bonds. The third kappa shape index (κ3) is 4.53. The molecule has 1 aromatic rings. The fraction of sp³-hybridized carbons (Fsp3) is 0.400. The van der Waals surface area contributed by atoms with Crippen molar-refractivity contribution in [2.75, 3.05) is 13.7 Å². The van der Waals surface area contributed by atoms with Crippen LogP contribution in [0, 0.1) is 0 Å². The van der Waals surface area contributed by atoms with Gasteiger partial charge >= 0.3 is 13.6 Å².